The summed E-state index contributed by atoms with van der Waals surface area (Å²) in [6, 6.07) is 0. The summed E-state index contributed by atoms with van der Waals surface area (Å²) in [6.07, 6.45) is 15.3. The van der Waals surface area contributed by atoms with Gasteiger partial charge in [-0.15, -0.1) is 0 Å². The summed E-state index contributed by atoms with van der Waals surface area (Å²) in [5.41, 5.74) is 0. The van der Waals surface area contributed by atoms with Crippen molar-refractivity contribution in [2.45, 2.75) is 84.5 Å². The molecular weight excluding hydrogens is 180 g/mol. The fourth-order valence-electron chi connectivity index (χ4n) is 2.09. The second kappa shape index (κ2) is 12.1. The van der Waals surface area contributed by atoms with Gasteiger partial charge in [0.15, 0.2) is 0 Å². The molecule has 0 aromatic rings. The Labute approximate surface area is 97.8 Å². The molecule has 0 nitrogen and oxygen atoms in total. The van der Waals surface area contributed by atoms with Gasteiger partial charge in [-0.05, 0) is 5.92 Å². The Morgan fingerprint density at radius 3 is 1.87 bits per heavy atom. The highest BCUT2D eigenvalue weighted by molar-refractivity contribution is 4.55. The van der Waals surface area contributed by atoms with Crippen molar-refractivity contribution in [3.8, 4) is 0 Å². The van der Waals surface area contributed by atoms with Crippen LogP contribution in [0, 0.1) is 12.8 Å². The molecule has 0 aromatic heterocycles. The SMILES string of the molecule is [CH2]CCCCCC(C)CCCCCCC. The van der Waals surface area contributed by atoms with Crippen LogP contribution in [-0.2, 0) is 0 Å². The van der Waals surface area contributed by atoms with Crippen LogP contribution in [0.1, 0.15) is 84.5 Å². The van der Waals surface area contributed by atoms with Crippen molar-refractivity contribution in [2.24, 2.45) is 5.92 Å². The topological polar surface area (TPSA) is 0 Å². The molecule has 0 bridgehead atoms. The molecule has 0 spiro atoms. The number of unbranched alkanes of at least 4 members (excludes halogenated alkanes) is 7. The van der Waals surface area contributed by atoms with E-state index in [9.17, 15) is 0 Å². The zero-order valence-electron chi connectivity index (χ0n) is 11.1. The van der Waals surface area contributed by atoms with Gasteiger partial charge in [-0.1, -0.05) is 91.4 Å². The lowest BCUT2D eigenvalue weighted by Gasteiger charge is -2.10. The van der Waals surface area contributed by atoms with Crippen LogP contribution in [0.5, 0.6) is 0 Å². The second-order valence-corrected chi connectivity index (χ2v) is 5.01. The summed E-state index contributed by atoms with van der Waals surface area (Å²) in [5, 5.41) is 0. The average Bonchev–Trinajstić information content (AvgIpc) is 2.24. The first-order valence-electron chi connectivity index (χ1n) is 7.10. The van der Waals surface area contributed by atoms with E-state index in [0.29, 0.717) is 0 Å². The molecule has 15 heavy (non-hydrogen) atoms. The Morgan fingerprint density at radius 2 is 1.33 bits per heavy atom. The van der Waals surface area contributed by atoms with Crippen LogP contribution < -0.4 is 0 Å². The van der Waals surface area contributed by atoms with Crippen molar-refractivity contribution >= 4 is 0 Å². The molecule has 0 heterocycles. The molecule has 0 aliphatic rings. The molecule has 1 atom stereocenters. The Kier molecular flexibility index (Phi) is 12.1. The predicted molar refractivity (Wildman–Crippen MR) is 71.0 cm³/mol. The van der Waals surface area contributed by atoms with Crippen LogP contribution >= 0.6 is 0 Å². The molecule has 0 fully saturated rings. The minimum atomic E-state index is 0.955. The van der Waals surface area contributed by atoms with E-state index >= 15 is 0 Å². The number of hydrogen-bond acceptors (Lipinski definition) is 0. The maximum Gasteiger partial charge on any atom is -0.0443 e. The van der Waals surface area contributed by atoms with Crippen molar-refractivity contribution in [1.82, 2.24) is 0 Å². The van der Waals surface area contributed by atoms with E-state index in [1.54, 1.807) is 0 Å². The van der Waals surface area contributed by atoms with Crippen LogP contribution in [0.3, 0.4) is 0 Å². The van der Waals surface area contributed by atoms with Gasteiger partial charge in [-0.2, -0.15) is 0 Å². The summed E-state index contributed by atoms with van der Waals surface area (Å²) in [7, 11) is 0. The zero-order chi connectivity index (χ0) is 11.4. The highest BCUT2D eigenvalue weighted by Crippen LogP contribution is 2.17. The first-order chi connectivity index (χ1) is 7.31. The molecule has 1 radical (unpaired) electrons. The monoisotopic (exact) mass is 211 g/mol. The van der Waals surface area contributed by atoms with Gasteiger partial charge in [0.1, 0.15) is 0 Å². The maximum atomic E-state index is 3.88. The van der Waals surface area contributed by atoms with Crippen LogP contribution in [0.25, 0.3) is 0 Å². The van der Waals surface area contributed by atoms with Gasteiger partial charge in [0.05, 0.1) is 0 Å². The fraction of sp³-hybridized carbons (Fsp3) is 0.933. The minimum Gasteiger partial charge on any atom is -0.0654 e. The first-order valence-corrected chi connectivity index (χ1v) is 7.10. The average molecular weight is 211 g/mol. The smallest absolute Gasteiger partial charge is 0.0443 e. The largest absolute Gasteiger partial charge is 0.0654 e. The Balaban J connectivity index is 3.08. The van der Waals surface area contributed by atoms with Crippen molar-refractivity contribution in [3.05, 3.63) is 6.92 Å². The van der Waals surface area contributed by atoms with Gasteiger partial charge in [0.2, 0.25) is 0 Å². The Hall–Kier alpha value is 0. The van der Waals surface area contributed by atoms with Crippen LogP contribution in [0.2, 0.25) is 0 Å². The fourth-order valence-corrected chi connectivity index (χ4v) is 2.09. The Bertz CT molecular complexity index is 107. The quantitative estimate of drug-likeness (QED) is 0.381. The van der Waals surface area contributed by atoms with E-state index in [1.165, 1.54) is 64.2 Å². The lowest BCUT2D eigenvalue weighted by Crippen LogP contribution is -1.95. The summed E-state index contributed by atoms with van der Waals surface area (Å²) in [5.74, 6) is 0.955. The maximum absolute atomic E-state index is 3.88. The summed E-state index contributed by atoms with van der Waals surface area (Å²) in [6.45, 7) is 8.58. The van der Waals surface area contributed by atoms with E-state index in [-0.39, 0.29) is 0 Å². The number of rotatable bonds is 11. The predicted octanol–water partition coefficient (Wildman–Crippen LogP) is 5.77. The van der Waals surface area contributed by atoms with Crippen LogP contribution in [0.4, 0.5) is 0 Å². The molecule has 0 amide bonds. The molecule has 1 unspecified atom stereocenters. The molecule has 0 heteroatoms. The summed E-state index contributed by atoms with van der Waals surface area (Å²) < 4.78 is 0. The van der Waals surface area contributed by atoms with Gasteiger partial charge in [-0.25, -0.2) is 0 Å². The van der Waals surface area contributed by atoms with Gasteiger partial charge < -0.3 is 0 Å². The molecule has 0 aliphatic carbocycles. The Morgan fingerprint density at radius 1 is 0.800 bits per heavy atom. The highest BCUT2D eigenvalue weighted by Gasteiger charge is 2.01. The van der Waals surface area contributed by atoms with Crippen molar-refractivity contribution in [3.63, 3.8) is 0 Å². The van der Waals surface area contributed by atoms with E-state index in [2.05, 4.69) is 20.8 Å². The van der Waals surface area contributed by atoms with Crippen molar-refractivity contribution in [2.75, 3.05) is 0 Å². The minimum absolute atomic E-state index is 0.955. The normalized spacial score (nSPS) is 13.0. The third kappa shape index (κ3) is 11.9. The second-order valence-electron chi connectivity index (χ2n) is 5.01. The van der Waals surface area contributed by atoms with Gasteiger partial charge in [0, 0.05) is 0 Å². The van der Waals surface area contributed by atoms with E-state index in [4.69, 9.17) is 0 Å². The van der Waals surface area contributed by atoms with E-state index in [0.717, 1.165) is 12.3 Å². The molecule has 0 N–H and O–H groups in total. The molecule has 0 saturated heterocycles. The number of hydrogen-bond donors (Lipinski definition) is 0. The molecule has 91 valence electrons. The summed E-state index contributed by atoms with van der Waals surface area (Å²) >= 11 is 0. The lowest BCUT2D eigenvalue weighted by molar-refractivity contribution is 0.436. The van der Waals surface area contributed by atoms with Crippen LogP contribution in [-0.4, -0.2) is 0 Å². The summed E-state index contributed by atoms with van der Waals surface area (Å²) in [4.78, 5) is 0. The zero-order valence-corrected chi connectivity index (χ0v) is 11.1. The molecule has 0 rings (SSSR count). The first kappa shape index (κ1) is 15.0. The third-order valence-corrected chi connectivity index (χ3v) is 3.25. The lowest BCUT2D eigenvalue weighted by atomic mass is 9.96. The van der Waals surface area contributed by atoms with Gasteiger partial charge in [-0.3, -0.25) is 0 Å². The van der Waals surface area contributed by atoms with Crippen molar-refractivity contribution in [1.29, 1.82) is 0 Å². The van der Waals surface area contributed by atoms with Gasteiger partial charge in [0.25, 0.3) is 0 Å². The van der Waals surface area contributed by atoms with E-state index in [1.807, 2.05) is 0 Å². The highest BCUT2D eigenvalue weighted by atomic mass is 14.1. The molecule has 0 aliphatic heterocycles. The molecular formula is C15H31. The van der Waals surface area contributed by atoms with Crippen LogP contribution in [0.15, 0.2) is 0 Å². The van der Waals surface area contributed by atoms with E-state index < -0.39 is 0 Å². The van der Waals surface area contributed by atoms with Gasteiger partial charge >= 0.3 is 0 Å². The molecule has 0 saturated carbocycles. The third-order valence-electron chi connectivity index (χ3n) is 3.25. The standard InChI is InChI=1S/C15H31/c1-4-6-8-10-12-14-15(3)13-11-9-7-5-2/h15H,2,4-14H2,1,3H3. The van der Waals surface area contributed by atoms with Crippen molar-refractivity contribution < 1.29 is 0 Å². The molecule has 0 aromatic carbocycles.